The molecule has 0 bridgehead atoms. The van der Waals surface area contributed by atoms with Crippen LogP contribution in [0.5, 0.6) is 5.75 Å². The zero-order valence-electron chi connectivity index (χ0n) is 13.7. The molecule has 0 unspecified atom stereocenters. The predicted octanol–water partition coefficient (Wildman–Crippen LogP) is 2.88. The van der Waals surface area contributed by atoms with E-state index in [9.17, 15) is 9.90 Å². The molecule has 1 aliphatic rings. The van der Waals surface area contributed by atoms with Crippen LogP contribution in [0.4, 0.5) is 0 Å². The van der Waals surface area contributed by atoms with E-state index in [1.54, 1.807) is 16.8 Å². The van der Waals surface area contributed by atoms with Crippen molar-refractivity contribution >= 4 is 5.91 Å². The largest absolute Gasteiger partial charge is 0.508 e. The van der Waals surface area contributed by atoms with Crippen molar-refractivity contribution in [1.29, 1.82) is 0 Å². The molecule has 0 aliphatic heterocycles. The van der Waals surface area contributed by atoms with Gasteiger partial charge in [0, 0.05) is 19.6 Å². The topological polar surface area (TPSA) is 58.4 Å². The van der Waals surface area contributed by atoms with Gasteiger partial charge in [-0.2, -0.15) is 5.10 Å². The van der Waals surface area contributed by atoms with E-state index in [0.717, 1.165) is 36.9 Å². The Labute approximate surface area is 136 Å². The Morgan fingerprint density at radius 3 is 2.65 bits per heavy atom. The minimum absolute atomic E-state index is 0.0397. The van der Waals surface area contributed by atoms with Gasteiger partial charge >= 0.3 is 0 Å². The van der Waals surface area contributed by atoms with Crippen LogP contribution in [0.15, 0.2) is 30.3 Å². The Morgan fingerprint density at radius 1 is 1.35 bits per heavy atom. The predicted molar refractivity (Wildman–Crippen MR) is 88.2 cm³/mol. The summed E-state index contributed by atoms with van der Waals surface area (Å²) in [5.41, 5.74) is 2.65. The van der Waals surface area contributed by atoms with Crippen molar-refractivity contribution in [2.75, 3.05) is 0 Å². The summed E-state index contributed by atoms with van der Waals surface area (Å²) in [5, 5.41) is 13.8. The third kappa shape index (κ3) is 3.55. The van der Waals surface area contributed by atoms with E-state index >= 15 is 0 Å². The molecule has 3 rings (SSSR count). The monoisotopic (exact) mass is 313 g/mol. The molecule has 2 aromatic rings. The lowest BCUT2D eigenvalue weighted by Crippen LogP contribution is -2.33. The number of hydrogen-bond donors (Lipinski definition) is 1. The van der Waals surface area contributed by atoms with E-state index in [1.807, 2.05) is 30.1 Å². The Bertz CT molecular complexity index is 687. The molecule has 0 radical (unpaired) electrons. The zero-order chi connectivity index (χ0) is 16.4. The van der Waals surface area contributed by atoms with E-state index in [2.05, 4.69) is 12.0 Å². The number of phenols is 1. The number of carbonyl (C=O) groups excluding carboxylic acids is 1. The maximum atomic E-state index is 13.0. The van der Waals surface area contributed by atoms with Gasteiger partial charge in [0.15, 0.2) is 0 Å². The molecule has 5 heteroatoms. The number of aromatic hydroxyl groups is 1. The minimum Gasteiger partial charge on any atom is -0.508 e. The maximum Gasteiger partial charge on any atom is 0.272 e. The summed E-state index contributed by atoms with van der Waals surface area (Å²) in [6.45, 7) is 2.68. The summed E-state index contributed by atoms with van der Waals surface area (Å²) in [7, 11) is 1.83. The molecule has 122 valence electrons. The van der Waals surface area contributed by atoms with E-state index in [4.69, 9.17) is 0 Å². The van der Waals surface area contributed by atoms with Crippen molar-refractivity contribution in [3.05, 3.63) is 47.3 Å². The van der Waals surface area contributed by atoms with Gasteiger partial charge in [0.2, 0.25) is 0 Å². The number of aryl methyl sites for hydroxylation is 2. The molecule has 1 saturated carbocycles. The van der Waals surface area contributed by atoms with Gasteiger partial charge in [0.25, 0.3) is 5.91 Å². The molecule has 1 aliphatic carbocycles. The highest BCUT2D eigenvalue weighted by molar-refractivity contribution is 5.93. The lowest BCUT2D eigenvalue weighted by Gasteiger charge is -2.22. The second kappa shape index (κ2) is 6.44. The molecule has 1 amide bonds. The number of aromatic nitrogens is 2. The summed E-state index contributed by atoms with van der Waals surface area (Å²) < 4.78 is 1.69. The summed E-state index contributed by atoms with van der Waals surface area (Å²) in [5.74, 6) is 0.284. The van der Waals surface area contributed by atoms with Gasteiger partial charge in [-0.05, 0) is 43.0 Å². The minimum atomic E-state index is 0.0397. The number of carbonyl (C=O) groups is 1. The first-order chi connectivity index (χ1) is 11.1. The molecule has 5 nitrogen and oxygen atoms in total. The van der Waals surface area contributed by atoms with Gasteiger partial charge in [0.05, 0.1) is 5.69 Å². The van der Waals surface area contributed by atoms with E-state index in [1.165, 1.54) is 0 Å². The first-order valence-electron chi connectivity index (χ1n) is 8.20. The third-order valence-corrected chi connectivity index (χ3v) is 4.19. The molecule has 1 fully saturated rings. The van der Waals surface area contributed by atoms with Crippen molar-refractivity contribution in [3.8, 4) is 5.75 Å². The van der Waals surface area contributed by atoms with E-state index in [-0.39, 0.29) is 11.7 Å². The highest BCUT2D eigenvalue weighted by Gasteiger charge is 2.34. The van der Waals surface area contributed by atoms with Crippen LogP contribution in [0.25, 0.3) is 0 Å². The Morgan fingerprint density at radius 2 is 2.04 bits per heavy atom. The SMILES string of the molecule is CCCc1cc(C(=O)N(Cc2ccc(O)cc2)C2CC2)n(C)n1. The maximum absolute atomic E-state index is 13.0. The van der Waals surface area contributed by atoms with Crippen LogP contribution in [-0.2, 0) is 20.0 Å². The molecule has 0 spiro atoms. The van der Waals surface area contributed by atoms with Crippen molar-refractivity contribution in [2.45, 2.75) is 45.2 Å². The summed E-state index contributed by atoms with van der Waals surface area (Å²) in [6, 6.07) is 9.29. The quantitative estimate of drug-likeness (QED) is 0.892. The Kier molecular flexibility index (Phi) is 4.37. The molecule has 1 aromatic carbocycles. The number of rotatable bonds is 6. The highest BCUT2D eigenvalue weighted by Crippen LogP contribution is 2.30. The zero-order valence-corrected chi connectivity index (χ0v) is 13.7. The molecule has 0 saturated heterocycles. The average molecular weight is 313 g/mol. The van der Waals surface area contributed by atoms with Gasteiger partial charge in [-0.3, -0.25) is 9.48 Å². The van der Waals surface area contributed by atoms with Crippen LogP contribution in [0.2, 0.25) is 0 Å². The number of amides is 1. The fraction of sp³-hybridized carbons (Fsp3) is 0.444. The summed E-state index contributed by atoms with van der Waals surface area (Å²) in [6.07, 6.45) is 4.03. The molecule has 1 N–H and O–H groups in total. The lowest BCUT2D eigenvalue weighted by molar-refractivity contribution is 0.0718. The highest BCUT2D eigenvalue weighted by atomic mass is 16.3. The molecule has 0 atom stereocenters. The van der Waals surface area contributed by atoms with Gasteiger partial charge < -0.3 is 10.0 Å². The van der Waals surface area contributed by atoms with Crippen molar-refractivity contribution in [3.63, 3.8) is 0 Å². The number of benzene rings is 1. The Balaban J connectivity index is 1.80. The molecular formula is C18H23N3O2. The van der Waals surface area contributed by atoms with Crippen LogP contribution >= 0.6 is 0 Å². The second-order valence-corrected chi connectivity index (χ2v) is 6.23. The fourth-order valence-corrected chi connectivity index (χ4v) is 2.80. The number of hydrogen-bond acceptors (Lipinski definition) is 3. The fourth-order valence-electron chi connectivity index (χ4n) is 2.80. The molecule has 23 heavy (non-hydrogen) atoms. The molecule has 1 heterocycles. The van der Waals surface area contributed by atoms with Gasteiger partial charge in [-0.15, -0.1) is 0 Å². The van der Waals surface area contributed by atoms with Gasteiger partial charge in [0.1, 0.15) is 11.4 Å². The van der Waals surface area contributed by atoms with E-state index in [0.29, 0.717) is 18.3 Å². The van der Waals surface area contributed by atoms with Gasteiger partial charge in [-0.1, -0.05) is 25.5 Å². The number of nitrogens with zero attached hydrogens (tertiary/aromatic N) is 3. The number of phenolic OH excluding ortho intramolecular Hbond substituents is 1. The standard InChI is InChI=1S/C18H23N3O2/c1-3-4-14-11-17(20(2)19-14)18(23)21(15-7-8-15)12-13-5-9-16(22)10-6-13/h5-6,9-11,15,22H,3-4,7-8,12H2,1-2H3. The van der Waals surface area contributed by atoms with Crippen molar-refractivity contribution < 1.29 is 9.90 Å². The van der Waals surface area contributed by atoms with Crippen LogP contribution in [0.1, 0.15) is 47.9 Å². The van der Waals surface area contributed by atoms with Crippen LogP contribution in [0, 0.1) is 0 Å². The van der Waals surface area contributed by atoms with Crippen molar-refractivity contribution in [2.24, 2.45) is 7.05 Å². The van der Waals surface area contributed by atoms with Crippen LogP contribution in [-0.4, -0.2) is 31.7 Å². The first-order valence-corrected chi connectivity index (χ1v) is 8.20. The summed E-state index contributed by atoms with van der Waals surface area (Å²) in [4.78, 5) is 14.9. The normalized spacial score (nSPS) is 14.0. The van der Waals surface area contributed by atoms with Crippen LogP contribution in [0.3, 0.4) is 0 Å². The molecular weight excluding hydrogens is 290 g/mol. The Hall–Kier alpha value is -2.30. The van der Waals surface area contributed by atoms with Crippen LogP contribution < -0.4 is 0 Å². The first kappa shape index (κ1) is 15.6. The lowest BCUT2D eigenvalue weighted by atomic mass is 10.2. The third-order valence-electron chi connectivity index (χ3n) is 4.19. The van der Waals surface area contributed by atoms with Gasteiger partial charge in [-0.25, -0.2) is 0 Å². The molecule has 1 aromatic heterocycles. The average Bonchev–Trinajstić information content (AvgIpc) is 3.30. The second-order valence-electron chi connectivity index (χ2n) is 6.23. The smallest absolute Gasteiger partial charge is 0.272 e. The van der Waals surface area contributed by atoms with E-state index < -0.39 is 0 Å². The summed E-state index contributed by atoms with van der Waals surface area (Å²) >= 11 is 0. The van der Waals surface area contributed by atoms with Crippen molar-refractivity contribution in [1.82, 2.24) is 14.7 Å².